The molecule has 2 aromatic rings. The maximum Gasteiger partial charge on any atom is 0.230 e. The van der Waals surface area contributed by atoms with Crippen molar-refractivity contribution in [3.8, 4) is 0 Å². The summed E-state index contributed by atoms with van der Waals surface area (Å²) < 4.78 is 1.93. The molecule has 1 N–H and O–H groups in total. The highest BCUT2D eigenvalue weighted by molar-refractivity contribution is 6.01. The molecule has 1 saturated heterocycles. The number of benzene rings is 1. The normalized spacial score (nSPS) is 23.5. The van der Waals surface area contributed by atoms with Crippen LogP contribution in [0.5, 0.6) is 0 Å². The number of para-hydroxylation sites is 1. The maximum atomic E-state index is 13.1. The van der Waals surface area contributed by atoms with Crippen LogP contribution < -0.4 is 5.32 Å². The molecule has 2 aliphatic heterocycles. The first kappa shape index (κ1) is 14.9. The zero-order valence-electron chi connectivity index (χ0n) is 13.4. The van der Waals surface area contributed by atoms with Crippen LogP contribution in [0.2, 0.25) is 0 Å². The lowest BCUT2D eigenvalue weighted by atomic mass is 9.88. The average molecular weight is 324 g/mol. The highest BCUT2D eigenvalue weighted by Gasteiger charge is 2.35. The van der Waals surface area contributed by atoms with Crippen molar-refractivity contribution >= 4 is 17.5 Å². The van der Waals surface area contributed by atoms with Gasteiger partial charge in [0.15, 0.2) is 0 Å². The van der Waals surface area contributed by atoms with Gasteiger partial charge in [-0.1, -0.05) is 18.2 Å². The van der Waals surface area contributed by atoms with Crippen LogP contribution in [0.4, 0.5) is 5.69 Å². The van der Waals surface area contributed by atoms with Gasteiger partial charge in [0, 0.05) is 37.6 Å². The number of carbonyl (C=O) groups is 2. The first-order chi connectivity index (χ1) is 11.7. The summed E-state index contributed by atoms with van der Waals surface area (Å²) >= 11 is 0. The number of hydrogen-bond acceptors (Lipinski definition) is 3. The summed E-state index contributed by atoms with van der Waals surface area (Å²) in [5.41, 5.74) is 1.68. The lowest BCUT2D eigenvalue weighted by Gasteiger charge is -2.36. The molecule has 1 fully saturated rings. The Labute approximate surface area is 140 Å². The van der Waals surface area contributed by atoms with Crippen LogP contribution in [0.1, 0.15) is 36.8 Å². The van der Waals surface area contributed by atoms with Crippen LogP contribution in [-0.4, -0.2) is 39.6 Å². The van der Waals surface area contributed by atoms with Gasteiger partial charge in [-0.05, 0) is 30.5 Å². The first-order valence-corrected chi connectivity index (χ1v) is 8.39. The number of nitrogens with zero attached hydrogens (tertiary/aromatic N) is 3. The molecule has 6 nitrogen and oxygen atoms in total. The minimum absolute atomic E-state index is 0.0501. The third-order valence-electron chi connectivity index (χ3n) is 4.91. The number of amides is 2. The second kappa shape index (κ2) is 6.11. The molecule has 0 spiro atoms. The van der Waals surface area contributed by atoms with Crippen LogP contribution in [-0.2, 0) is 9.59 Å². The Bertz CT molecular complexity index is 756. The van der Waals surface area contributed by atoms with Gasteiger partial charge in [-0.25, -0.2) is 0 Å². The van der Waals surface area contributed by atoms with E-state index < -0.39 is 0 Å². The fourth-order valence-corrected chi connectivity index (χ4v) is 3.72. The van der Waals surface area contributed by atoms with Gasteiger partial charge in [0.1, 0.15) is 0 Å². The van der Waals surface area contributed by atoms with Gasteiger partial charge in [0.25, 0.3) is 0 Å². The zero-order valence-corrected chi connectivity index (χ0v) is 13.4. The standard InChI is InChI=1S/C18H20N4O2/c23-17-11-15(14-6-1-2-7-16(14)20-17)18(24)21-9-3-5-13(12-21)22-10-4-8-19-22/h1-2,4,6-8,10,13,15H,3,5,9,11-12H2,(H,20,23)/t13-,15-/m1/s1. The Morgan fingerprint density at radius 3 is 2.96 bits per heavy atom. The fraction of sp³-hybridized carbons (Fsp3) is 0.389. The topological polar surface area (TPSA) is 67.2 Å². The lowest BCUT2D eigenvalue weighted by molar-refractivity contribution is -0.136. The molecule has 2 aliphatic rings. The van der Waals surface area contributed by atoms with Crippen molar-refractivity contribution in [3.05, 3.63) is 48.3 Å². The Hall–Kier alpha value is -2.63. The van der Waals surface area contributed by atoms with Gasteiger partial charge in [-0.3, -0.25) is 14.3 Å². The van der Waals surface area contributed by atoms with Crippen LogP contribution >= 0.6 is 0 Å². The Kier molecular flexibility index (Phi) is 3.80. The summed E-state index contributed by atoms with van der Waals surface area (Å²) in [4.78, 5) is 27.0. The highest BCUT2D eigenvalue weighted by Crippen LogP contribution is 2.34. The van der Waals surface area contributed by atoms with Crippen molar-refractivity contribution in [1.29, 1.82) is 0 Å². The number of nitrogens with one attached hydrogen (secondary N) is 1. The number of aromatic nitrogens is 2. The van der Waals surface area contributed by atoms with Crippen LogP contribution in [0.25, 0.3) is 0 Å². The molecule has 0 radical (unpaired) electrons. The summed E-state index contributed by atoms with van der Waals surface area (Å²) in [7, 11) is 0. The summed E-state index contributed by atoms with van der Waals surface area (Å²) in [5.74, 6) is -0.423. The molecule has 1 aromatic heterocycles. The maximum absolute atomic E-state index is 13.1. The first-order valence-electron chi connectivity index (χ1n) is 8.39. The number of piperidine rings is 1. The largest absolute Gasteiger partial charge is 0.340 e. The van der Waals surface area contributed by atoms with Gasteiger partial charge in [0.05, 0.1) is 12.0 Å². The molecule has 0 aliphatic carbocycles. The number of likely N-dealkylation sites (tertiary alicyclic amines) is 1. The van der Waals surface area contributed by atoms with Gasteiger partial charge in [-0.2, -0.15) is 5.10 Å². The molecule has 0 saturated carbocycles. The van der Waals surface area contributed by atoms with Crippen molar-refractivity contribution in [2.24, 2.45) is 0 Å². The molecule has 24 heavy (non-hydrogen) atoms. The number of fused-ring (bicyclic) bond motifs is 1. The SMILES string of the molecule is O=C1C[C@@H](C(=O)N2CCC[C@@H](n3cccn3)C2)c2ccccc2N1. The third kappa shape index (κ3) is 2.68. The summed E-state index contributed by atoms with van der Waals surface area (Å²) in [6, 6.07) is 9.70. The van der Waals surface area contributed by atoms with Gasteiger partial charge >= 0.3 is 0 Å². The predicted molar refractivity (Wildman–Crippen MR) is 89.5 cm³/mol. The molecule has 124 valence electrons. The minimum Gasteiger partial charge on any atom is -0.340 e. The van der Waals surface area contributed by atoms with E-state index in [-0.39, 0.29) is 30.2 Å². The predicted octanol–water partition coefficient (Wildman–Crippen LogP) is 2.17. The second-order valence-corrected chi connectivity index (χ2v) is 6.46. The van der Waals surface area contributed by atoms with Gasteiger partial charge in [0.2, 0.25) is 11.8 Å². The quantitative estimate of drug-likeness (QED) is 0.920. The third-order valence-corrected chi connectivity index (χ3v) is 4.91. The van der Waals surface area contributed by atoms with E-state index in [0.717, 1.165) is 30.6 Å². The molecule has 1 aromatic carbocycles. The molecule has 2 atom stereocenters. The number of rotatable bonds is 2. The molecular weight excluding hydrogens is 304 g/mol. The van der Waals surface area contributed by atoms with E-state index in [0.29, 0.717) is 6.54 Å². The fourth-order valence-electron chi connectivity index (χ4n) is 3.72. The zero-order chi connectivity index (χ0) is 16.5. The van der Waals surface area contributed by atoms with E-state index in [2.05, 4.69) is 10.4 Å². The van der Waals surface area contributed by atoms with Crippen LogP contribution in [0.3, 0.4) is 0 Å². The van der Waals surface area contributed by atoms with Crippen LogP contribution in [0.15, 0.2) is 42.7 Å². The van der Waals surface area contributed by atoms with Crippen molar-refractivity contribution in [1.82, 2.24) is 14.7 Å². The van der Waals surface area contributed by atoms with E-state index in [1.165, 1.54) is 0 Å². The summed E-state index contributed by atoms with van der Waals surface area (Å²) in [6.45, 7) is 1.40. The Morgan fingerprint density at radius 1 is 1.25 bits per heavy atom. The van der Waals surface area contributed by atoms with Crippen molar-refractivity contribution in [2.75, 3.05) is 18.4 Å². The Morgan fingerprint density at radius 2 is 2.12 bits per heavy atom. The molecule has 0 bridgehead atoms. The van der Waals surface area contributed by atoms with Crippen molar-refractivity contribution in [2.45, 2.75) is 31.2 Å². The van der Waals surface area contributed by atoms with E-state index in [1.54, 1.807) is 6.20 Å². The molecule has 0 unspecified atom stereocenters. The minimum atomic E-state index is -0.383. The van der Waals surface area contributed by atoms with Crippen molar-refractivity contribution in [3.63, 3.8) is 0 Å². The molecule has 4 rings (SSSR count). The smallest absolute Gasteiger partial charge is 0.230 e. The number of anilines is 1. The van der Waals surface area contributed by atoms with E-state index in [1.807, 2.05) is 46.1 Å². The van der Waals surface area contributed by atoms with E-state index in [9.17, 15) is 9.59 Å². The van der Waals surface area contributed by atoms with Crippen molar-refractivity contribution < 1.29 is 9.59 Å². The molecule has 6 heteroatoms. The average Bonchev–Trinajstić information content (AvgIpc) is 3.15. The van der Waals surface area contributed by atoms with Crippen LogP contribution in [0, 0.1) is 0 Å². The second-order valence-electron chi connectivity index (χ2n) is 6.46. The van der Waals surface area contributed by atoms with E-state index in [4.69, 9.17) is 0 Å². The van der Waals surface area contributed by atoms with Gasteiger partial charge < -0.3 is 10.2 Å². The molecule has 2 amide bonds. The van der Waals surface area contributed by atoms with E-state index >= 15 is 0 Å². The lowest BCUT2D eigenvalue weighted by Crippen LogP contribution is -2.44. The van der Waals surface area contributed by atoms with Gasteiger partial charge in [-0.15, -0.1) is 0 Å². The highest BCUT2D eigenvalue weighted by atomic mass is 16.2. The number of carbonyl (C=O) groups excluding carboxylic acids is 2. The number of hydrogen-bond donors (Lipinski definition) is 1. The summed E-state index contributed by atoms with van der Waals surface area (Å²) in [5, 5.41) is 7.16. The monoisotopic (exact) mass is 324 g/mol. The summed E-state index contributed by atoms with van der Waals surface area (Å²) in [6.07, 6.45) is 5.91. The molecule has 3 heterocycles. The molecular formula is C18H20N4O2. The Balaban J connectivity index is 1.56.